The van der Waals surface area contributed by atoms with Crippen molar-refractivity contribution in [2.24, 2.45) is 0 Å². The third-order valence-corrected chi connectivity index (χ3v) is 4.14. The lowest BCUT2D eigenvalue weighted by atomic mass is 10.0. The van der Waals surface area contributed by atoms with Crippen molar-refractivity contribution in [1.82, 2.24) is 19.9 Å². The molecular formula is C17H20N4O. The Bertz CT molecular complexity index is 866. The van der Waals surface area contributed by atoms with Crippen LogP contribution in [0.2, 0.25) is 0 Å². The molecule has 3 aromatic heterocycles. The maximum Gasteiger partial charge on any atom is 0.158 e. The highest BCUT2D eigenvalue weighted by Gasteiger charge is 2.17. The topological polar surface area (TPSA) is 56.7 Å². The average Bonchev–Trinajstić information content (AvgIpc) is 2.94. The van der Waals surface area contributed by atoms with Crippen LogP contribution in [0.4, 0.5) is 0 Å². The molecule has 0 aliphatic carbocycles. The summed E-state index contributed by atoms with van der Waals surface area (Å²) in [6, 6.07) is 0. The molecule has 0 radical (unpaired) electrons. The molecule has 0 spiro atoms. The summed E-state index contributed by atoms with van der Waals surface area (Å²) in [5.74, 6) is 0.828. The molecule has 0 saturated heterocycles. The van der Waals surface area contributed by atoms with E-state index in [1.807, 2.05) is 38.6 Å². The highest BCUT2D eigenvalue weighted by atomic mass is 16.5. The van der Waals surface area contributed by atoms with Crippen LogP contribution in [0.3, 0.4) is 0 Å². The van der Waals surface area contributed by atoms with Gasteiger partial charge in [-0.1, -0.05) is 11.7 Å². The number of fused-ring (bicyclic) bond motifs is 1. The summed E-state index contributed by atoms with van der Waals surface area (Å²) in [6.45, 7) is 14.6. The van der Waals surface area contributed by atoms with E-state index in [1.54, 1.807) is 0 Å². The molecule has 22 heavy (non-hydrogen) atoms. The molecule has 3 aromatic rings. The first-order chi connectivity index (χ1) is 10.4. The molecule has 0 amide bonds. The van der Waals surface area contributed by atoms with Crippen LogP contribution < -0.4 is 0 Å². The van der Waals surface area contributed by atoms with E-state index in [9.17, 15) is 0 Å². The number of aryl methyl sites for hydroxylation is 4. The average molecular weight is 296 g/mol. The van der Waals surface area contributed by atoms with Gasteiger partial charge in [0.25, 0.3) is 0 Å². The first-order valence-corrected chi connectivity index (χ1v) is 7.30. The minimum atomic E-state index is 0.615. The molecule has 0 unspecified atom stereocenters. The van der Waals surface area contributed by atoms with Crippen molar-refractivity contribution in [3.63, 3.8) is 0 Å². The fourth-order valence-corrected chi connectivity index (χ4v) is 2.91. The zero-order valence-corrected chi connectivity index (χ0v) is 13.7. The highest BCUT2D eigenvalue weighted by molar-refractivity contribution is 5.86. The molecule has 3 heterocycles. The molecule has 5 heteroatoms. The molecule has 3 rings (SSSR count). The lowest BCUT2D eigenvalue weighted by Gasteiger charge is -2.07. The number of nitrogens with zero attached hydrogens (tertiary/aromatic N) is 4. The van der Waals surface area contributed by atoms with Crippen LogP contribution in [0, 0.1) is 27.7 Å². The van der Waals surface area contributed by atoms with Gasteiger partial charge in [-0.3, -0.25) is 0 Å². The molecule has 0 N–H and O–H groups in total. The molecule has 114 valence electrons. The Morgan fingerprint density at radius 1 is 1.23 bits per heavy atom. The van der Waals surface area contributed by atoms with Gasteiger partial charge >= 0.3 is 0 Å². The maximum atomic E-state index is 5.24. The van der Waals surface area contributed by atoms with E-state index in [1.165, 1.54) is 5.56 Å². The van der Waals surface area contributed by atoms with E-state index in [4.69, 9.17) is 4.52 Å². The fraction of sp³-hybridized carbons (Fsp3) is 0.353. The van der Waals surface area contributed by atoms with Crippen molar-refractivity contribution in [2.45, 2.75) is 41.2 Å². The number of aromatic nitrogens is 4. The van der Waals surface area contributed by atoms with Crippen molar-refractivity contribution in [2.75, 3.05) is 0 Å². The fourth-order valence-electron chi connectivity index (χ4n) is 2.91. The van der Waals surface area contributed by atoms with Gasteiger partial charge in [0.05, 0.1) is 17.9 Å². The monoisotopic (exact) mass is 296 g/mol. The summed E-state index contributed by atoms with van der Waals surface area (Å²) in [5, 5.41) is 9.77. The van der Waals surface area contributed by atoms with E-state index in [0.29, 0.717) is 6.54 Å². The van der Waals surface area contributed by atoms with Crippen LogP contribution in [0.15, 0.2) is 17.3 Å². The Kier molecular flexibility index (Phi) is 3.35. The maximum absolute atomic E-state index is 5.24. The van der Waals surface area contributed by atoms with E-state index >= 15 is 0 Å². The Labute approximate surface area is 129 Å². The van der Waals surface area contributed by atoms with E-state index in [0.717, 1.165) is 44.9 Å². The second kappa shape index (κ2) is 5.09. The Balaban J connectivity index is 2.17. The van der Waals surface area contributed by atoms with Crippen LogP contribution in [-0.4, -0.2) is 19.9 Å². The van der Waals surface area contributed by atoms with Crippen LogP contribution >= 0.6 is 0 Å². The molecule has 0 aliphatic rings. The summed E-state index contributed by atoms with van der Waals surface area (Å²) in [6.07, 6.45) is 1.88. The van der Waals surface area contributed by atoms with Crippen LogP contribution in [-0.2, 0) is 6.54 Å². The highest BCUT2D eigenvalue weighted by Crippen LogP contribution is 2.27. The largest absolute Gasteiger partial charge is 0.361 e. The van der Waals surface area contributed by atoms with Gasteiger partial charge in [-0.15, -0.1) is 0 Å². The smallest absolute Gasteiger partial charge is 0.158 e. The van der Waals surface area contributed by atoms with Crippen LogP contribution in [0.1, 0.15) is 40.8 Å². The van der Waals surface area contributed by atoms with E-state index in [-0.39, 0.29) is 0 Å². The molecule has 0 fully saturated rings. The van der Waals surface area contributed by atoms with Crippen molar-refractivity contribution >= 4 is 16.6 Å². The first-order valence-electron chi connectivity index (χ1n) is 7.30. The standard InChI is InChI=1S/C17H20N4O/c1-9(2)14-7-18-17-16(10(14)3)12(5)19-21(17)8-15-11(4)20-22-13(15)6/h7H,1,8H2,2-6H3. The zero-order valence-electron chi connectivity index (χ0n) is 13.7. The summed E-state index contributed by atoms with van der Waals surface area (Å²) in [5.41, 5.74) is 7.12. The summed E-state index contributed by atoms with van der Waals surface area (Å²) >= 11 is 0. The van der Waals surface area contributed by atoms with Gasteiger partial charge in [-0.05, 0) is 51.3 Å². The third kappa shape index (κ3) is 2.13. The van der Waals surface area contributed by atoms with Gasteiger partial charge in [0, 0.05) is 17.1 Å². The van der Waals surface area contributed by atoms with Gasteiger partial charge in [0.15, 0.2) is 5.65 Å². The van der Waals surface area contributed by atoms with Gasteiger partial charge in [-0.25, -0.2) is 9.67 Å². The van der Waals surface area contributed by atoms with E-state index < -0.39 is 0 Å². The summed E-state index contributed by atoms with van der Waals surface area (Å²) in [7, 11) is 0. The van der Waals surface area contributed by atoms with Gasteiger partial charge in [-0.2, -0.15) is 5.10 Å². The predicted octanol–water partition coefficient (Wildman–Crippen LogP) is 3.73. The number of hydrogen-bond acceptors (Lipinski definition) is 4. The number of hydrogen-bond donors (Lipinski definition) is 0. The van der Waals surface area contributed by atoms with Crippen molar-refractivity contribution in [3.8, 4) is 0 Å². The summed E-state index contributed by atoms with van der Waals surface area (Å²) < 4.78 is 7.16. The third-order valence-electron chi connectivity index (χ3n) is 4.14. The number of rotatable bonds is 3. The Morgan fingerprint density at radius 3 is 2.55 bits per heavy atom. The van der Waals surface area contributed by atoms with Gasteiger partial charge < -0.3 is 4.52 Å². The normalized spacial score (nSPS) is 11.3. The van der Waals surface area contributed by atoms with Crippen molar-refractivity contribution in [1.29, 1.82) is 0 Å². The van der Waals surface area contributed by atoms with E-state index in [2.05, 4.69) is 28.7 Å². The molecule has 0 atom stereocenters. The molecule has 0 aliphatic heterocycles. The molecule has 0 saturated carbocycles. The Hall–Kier alpha value is -2.43. The quantitative estimate of drug-likeness (QED) is 0.739. The predicted molar refractivity (Wildman–Crippen MR) is 86.8 cm³/mol. The van der Waals surface area contributed by atoms with Crippen LogP contribution in [0.5, 0.6) is 0 Å². The SMILES string of the molecule is C=C(C)c1cnc2c(c(C)nn2Cc2c(C)noc2C)c1C. The van der Waals surface area contributed by atoms with Crippen molar-refractivity contribution < 1.29 is 4.52 Å². The molecular weight excluding hydrogens is 276 g/mol. The second-order valence-electron chi connectivity index (χ2n) is 5.82. The molecule has 5 nitrogen and oxygen atoms in total. The minimum absolute atomic E-state index is 0.615. The van der Waals surface area contributed by atoms with Gasteiger partial charge in [0.1, 0.15) is 5.76 Å². The Morgan fingerprint density at radius 2 is 1.95 bits per heavy atom. The van der Waals surface area contributed by atoms with Crippen molar-refractivity contribution in [3.05, 3.63) is 46.6 Å². The van der Waals surface area contributed by atoms with Gasteiger partial charge in [0.2, 0.25) is 0 Å². The summed E-state index contributed by atoms with van der Waals surface area (Å²) in [4.78, 5) is 4.61. The zero-order chi connectivity index (χ0) is 16.0. The molecule has 0 bridgehead atoms. The van der Waals surface area contributed by atoms with Crippen LogP contribution in [0.25, 0.3) is 16.6 Å². The number of allylic oxidation sites excluding steroid dienone is 1. The lowest BCUT2D eigenvalue weighted by Crippen LogP contribution is -2.05. The number of pyridine rings is 1. The molecule has 0 aromatic carbocycles. The first kappa shape index (κ1) is 14.5. The minimum Gasteiger partial charge on any atom is -0.361 e. The second-order valence-corrected chi connectivity index (χ2v) is 5.82. The lowest BCUT2D eigenvalue weighted by molar-refractivity contribution is 0.392.